The van der Waals surface area contributed by atoms with Crippen LogP contribution in [0.5, 0.6) is 0 Å². The van der Waals surface area contributed by atoms with Gasteiger partial charge in [0.2, 0.25) is 0 Å². The zero-order chi connectivity index (χ0) is 21.9. The molecule has 29 heavy (non-hydrogen) atoms. The number of thiol groups is 1. The summed E-state index contributed by atoms with van der Waals surface area (Å²) in [7, 11) is 2.29. The van der Waals surface area contributed by atoms with Crippen LogP contribution in [-0.2, 0) is 25.2 Å². The molecule has 0 aliphatic carbocycles. The number of piperazine rings is 1. The van der Waals surface area contributed by atoms with Crippen LogP contribution in [0.15, 0.2) is 29.7 Å². The van der Waals surface area contributed by atoms with Gasteiger partial charge < -0.3 is 14.4 Å². The van der Waals surface area contributed by atoms with Crippen LogP contribution < -0.4 is 0 Å². The molecule has 1 saturated heterocycles. The van der Waals surface area contributed by atoms with Crippen LogP contribution in [0.2, 0.25) is 0 Å². The molecule has 1 aliphatic heterocycles. The molecule has 0 bridgehead atoms. The van der Waals surface area contributed by atoms with E-state index in [2.05, 4.69) is 28.7 Å². The van der Waals surface area contributed by atoms with Crippen molar-refractivity contribution in [3.63, 3.8) is 0 Å². The largest absolute Gasteiger partial charge is 0.467 e. The number of halogens is 3. The number of hydrogen-bond donors (Lipinski definition) is 1. The number of amides is 2. The Morgan fingerprint density at radius 3 is 2.38 bits per heavy atom. The lowest BCUT2D eigenvalue weighted by atomic mass is 10.0. The van der Waals surface area contributed by atoms with Crippen LogP contribution in [0.25, 0.3) is 5.57 Å². The van der Waals surface area contributed by atoms with E-state index in [0.29, 0.717) is 0 Å². The summed E-state index contributed by atoms with van der Waals surface area (Å²) in [6.07, 6.45) is -5.40. The van der Waals surface area contributed by atoms with E-state index < -0.39 is 35.8 Å². The second kappa shape index (κ2) is 8.76. The highest BCUT2D eigenvalue weighted by Gasteiger charge is 2.39. The minimum absolute atomic E-state index is 0.0190. The maximum Gasteiger partial charge on any atom is 0.417 e. The minimum Gasteiger partial charge on any atom is -0.467 e. The molecule has 7 nitrogen and oxygen atoms in total. The SMILES string of the molecule is C=C(C(=O)N1CCN(C(=O)OC)C(C(=O)OC)C1)c1ccc(S)c(C(F)(F)F)c1. The van der Waals surface area contributed by atoms with Gasteiger partial charge in [0, 0.05) is 23.6 Å². The van der Waals surface area contributed by atoms with E-state index in [4.69, 9.17) is 0 Å². The topological polar surface area (TPSA) is 76.2 Å². The second-order valence-corrected chi connectivity index (χ2v) is 6.64. The molecular weight excluding hydrogens is 413 g/mol. The Bertz CT molecular complexity index is 843. The van der Waals surface area contributed by atoms with Gasteiger partial charge in [-0.25, -0.2) is 9.59 Å². The van der Waals surface area contributed by atoms with Crippen molar-refractivity contribution in [2.45, 2.75) is 17.1 Å². The molecule has 1 aromatic carbocycles. The Balaban J connectivity index is 2.25. The van der Waals surface area contributed by atoms with Gasteiger partial charge in [0.1, 0.15) is 0 Å². The average Bonchev–Trinajstić information content (AvgIpc) is 2.70. The Kier molecular flexibility index (Phi) is 6.83. The number of alkyl halides is 3. The highest BCUT2D eigenvalue weighted by atomic mass is 32.1. The van der Waals surface area contributed by atoms with Gasteiger partial charge in [-0.1, -0.05) is 12.6 Å². The molecule has 1 fully saturated rings. The second-order valence-electron chi connectivity index (χ2n) is 6.16. The lowest BCUT2D eigenvalue weighted by Gasteiger charge is -2.39. The molecule has 2 rings (SSSR count). The van der Waals surface area contributed by atoms with Gasteiger partial charge in [-0.2, -0.15) is 13.2 Å². The number of ether oxygens (including phenoxy) is 2. The Labute approximate surface area is 170 Å². The van der Waals surface area contributed by atoms with Gasteiger partial charge in [-0.3, -0.25) is 9.69 Å². The zero-order valence-corrected chi connectivity index (χ0v) is 16.5. The molecule has 2 amide bonds. The number of esters is 1. The Morgan fingerprint density at radius 2 is 1.83 bits per heavy atom. The summed E-state index contributed by atoms with van der Waals surface area (Å²) in [6, 6.07) is 2.13. The molecule has 11 heteroatoms. The van der Waals surface area contributed by atoms with Gasteiger partial charge in [-0.15, -0.1) is 12.6 Å². The van der Waals surface area contributed by atoms with E-state index in [-0.39, 0.29) is 35.7 Å². The van der Waals surface area contributed by atoms with E-state index in [0.717, 1.165) is 31.3 Å². The van der Waals surface area contributed by atoms with Crippen LogP contribution in [-0.4, -0.2) is 67.7 Å². The van der Waals surface area contributed by atoms with Crippen LogP contribution in [0.1, 0.15) is 11.1 Å². The van der Waals surface area contributed by atoms with Crippen molar-refractivity contribution >= 4 is 36.2 Å². The summed E-state index contributed by atoms with van der Waals surface area (Å²) in [5, 5.41) is 0. The summed E-state index contributed by atoms with van der Waals surface area (Å²) in [5.41, 5.74) is -1.20. The van der Waals surface area contributed by atoms with Crippen LogP contribution in [0.4, 0.5) is 18.0 Å². The first-order valence-electron chi connectivity index (χ1n) is 8.32. The average molecular weight is 432 g/mol. The third kappa shape index (κ3) is 4.84. The van der Waals surface area contributed by atoms with Crippen molar-refractivity contribution in [1.82, 2.24) is 9.80 Å². The van der Waals surface area contributed by atoms with Crippen molar-refractivity contribution in [2.24, 2.45) is 0 Å². The van der Waals surface area contributed by atoms with Crippen LogP contribution in [0, 0.1) is 0 Å². The molecule has 158 valence electrons. The summed E-state index contributed by atoms with van der Waals surface area (Å²) in [4.78, 5) is 38.7. The first-order valence-corrected chi connectivity index (χ1v) is 8.77. The van der Waals surface area contributed by atoms with E-state index >= 15 is 0 Å². The third-order valence-electron chi connectivity index (χ3n) is 4.46. The fraction of sp³-hybridized carbons (Fsp3) is 0.389. The predicted octanol–water partition coefficient (Wildman–Crippen LogP) is 2.46. The van der Waals surface area contributed by atoms with E-state index in [9.17, 15) is 27.6 Å². The van der Waals surface area contributed by atoms with Gasteiger partial charge in [0.25, 0.3) is 5.91 Å². The van der Waals surface area contributed by atoms with E-state index in [1.807, 2.05) is 0 Å². The third-order valence-corrected chi connectivity index (χ3v) is 4.85. The number of carbonyl (C=O) groups is 3. The van der Waals surface area contributed by atoms with Crippen molar-refractivity contribution in [2.75, 3.05) is 33.9 Å². The molecule has 1 heterocycles. The molecule has 0 N–H and O–H groups in total. The summed E-state index contributed by atoms with van der Waals surface area (Å²) in [6.45, 7) is 3.42. The van der Waals surface area contributed by atoms with Gasteiger partial charge in [0.15, 0.2) is 6.04 Å². The smallest absolute Gasteiger partial charge is 0.417 e. The summed E-state index contributed by atoms with van der Waals surface area (Å²) < 4.78 is 48.6. The normalized spacial score (nSPS) is 17.0. The van der Waals surface area contributed by atoms with Crippen LogP contribution >= 0.6 is 12.6 Å². The minimum atomic E-state index is -4.64. The Hall–Kier alpha value is -2.69. The number of methoxy groups -OCH3 is 2. The highest BCUT2D eigenvalue weighted by molar-refractivity contribution is 7.80. The lowest BCUT2D eigenvalue weighted by molar-refractivity contribution is -0.150. The quantitative estimate of drug-likeness (QED) is 0.451. The number of benzene rings is 1. The van der Waals surface area contributed by atoms with E-state index in [1.165, 1.54) is 11.0 Å². The molecule has 0 saturated carbocycles. The monoisotopic (exact) mass is 432 g/mol. The number of rotatable bonds is 3. The fourth-order valence-corrected chi connectivity index (χ4v) is 3.17. The predicted molar refractivity (Wildman–Crippen MR) is 99.2 cm³/mol. The molecule has 0 radical (unpaired) electrons. The summed E-state index contributed by atoms with van der Waals surface area (Å²) >= 11 is 3.80. The maximum absolute atomic E-state index is 13.1. The zero-order valence-electron chi connectivity index (χ0n) is 15.7. The molecule has 1 aliphatic rings. The highest BCUT2D eigenvalue weighted by Crippen LogP contribution is 2.35. The lowest BCUT2D eigenvalue weighted by Crippen LogP contribution is -2.59. The molecular formula is C18H19F3N2O5S. The number of carbonyl (C=O) groups excluding carboxylic acids is 3. The van der Waals surface area contributed by atoms with Crippen LogP contribution in [0.3, 0.4) is 0 Å². The van der Waals surface area contributed by atoms with E-state index in [1.54, 1.807) is 0 Å². The van der Waals surface area contributed by atoms with Gasteiger partial charge in [0.05, 0.1) is 26.3 Å². The van der Waals surface area contributed by atoms with Gasteiger partial charge in [-0.05, 0) is 17.7 Å². The van der Waals surface area contributed by atoms with Gasteiger partial charge >= 0.3 is 18.2 Å². The first-order chi connectivity index (χ1) is 13.5. The summed E-state index contributed by atoms with van der Waals surface area (Å²) in [5.74, 6) is -1.42. The molecule has 1 unspecified atom stereocenters. The van der Waals surface area contributed by atoms with Crippen molar-refractivity contribution in [1.29, 1.82) is 0 Å². The fourth-order valence-electron chi connectivity index (χ4n) is 2.91. The number of hydrogen-bond acceptors (Lipinski definition) is 6. The number of nitrogens with zero attached hydrogens (tertiary/aromatic N) is 2. The molecule has 0 aromatic heterocycles. The van der Waals surface area contributed by atoms with Crippen molar-refractivity contribution < 1.29 is 37.0 Å². The van der Waals surface area contributed by atoms with Crippen molar-refractivity contribution in [3.8, 4) is 0 Å². The van der Waals surface area contributed by atoms with Crippen molar-refractivity contribution in [3.05, 3.63) is 35.9 Å². The maximum atomic E-state index is 13.1. The standard InChI is InChI=1S/C18H19F3N2O5S/c1-10(11-4-5-14(29)12(8-11)18(19,20)21)15(24)22-6-7-23(17(26)28-3)13(9-22)16(25)27-2/h4-5,8,13,29H,1,6-7,9H2,2-3H3. The molecule has 0 spiro atoms. The molecule has 1 atom stereocenters. The first kappa shape index (κ1) is 22.6. The molecule has 1 aromatic rings. The Morgan fingerprint density at radius 1 is 1.17 bits per heavy atom.